The van der Waals surface area contributed by atoms with Crippen LogP contribution in [-0.4, -0.2) is 44.6 Å². The van der Waals surface area contributed by atoms with Crippen LogP contribution in [0.5, 0.6) is 5.75 Å². The summed E-state index contributed by atoms with van der Waals surface area (Å²) >= 11 is 0. The van der Waals surface area contributed by atoms with Gasteiger partial charge in [0.1, 0.15) is 29.2 Å². The summed E-state index contributed by atoms with van der Waals surface area (Å²) in [6.07, 6.45) is 5.42. The Labute approximate surface area is 213 Å². The number of benzene rings is 2. The first-order chi connectivity index (χ1) is 17.7. The van der Waals surface area contributed by atoms with Gasteiger partial charge in [0.15, 0.2) is 0 Å². The van der Waals surface area contributed by atoms with Gasteiger partial charge in [-0.15, -0.1) is 0 Å². The van der Waals surface area contributed by atoms with E-state index in [1.165, 1.54) is 30.0 Å². The van der Waals surface area contributed by atoms with Crippen LogP contribution in [0.4, 0.5) is 13.2 Å². The molecule has 1 N–H and O–H groups in total. The van der Waals surface area contributed by atoms with Gasteiger partial charge in [-0.05, 0) is 56.0 Å². The molecule has 2 heterocycles. The molecule has 9 heteroatoms. The highest BCUT2D eigenvalue weighted by Crippen LogP contribution is 2.37. The Morgan fingerprint density at radius 3 is 2.57 bits per heavy atom. The molecule has 1 aliphatic heterocycles. The third-order valence-corrected chi connectivity index (χ3v) is 6.18. The average Bonchev–Trinajstić information content (AvgIpc) is 3.44. The third-order valence-electron chi connectivity index (χ3n) is 6.18. The topological polar surface area (TPSA) is 70.7 Å². The van der Waals surface area contributed by atoms with E-state index in [4.69, 9.17) is 0 Å². The zero-order valence-electron chi connectivity index (χ0n) is 20.7. The number of carbonyl (C=O) groups is 1. The highest BCUT2D eigenvalue weighted by atomic mass is 19.1. The van der Waals surface area contributed by atoms with E-state index in [1.54, 1.807) is 29.3 Å². The van der Waals surface area contributed by atoms with Gasteiger partial charge in [-0.1, -0.05) is 25.1 Å². The van der Waals surface area contributed by atoms with Crippen molar-refractivity contribution in [3.8, 4) is 11.4 Å². The lowest BCUT2D eigenvalue weighted by Crippen LogP contribution is -2.30. The number of hydrogen-bond acceptors (Lipinski definition) is 4. The molecule has 1 aromatic heterocycles. The van der Waals surface area contributed by atoms with E-state index >= 15 is 0 Å². The number of amides is 1. The molecule has 1 aliphatic rings. The Balaban J connectivity index is 1.75. The van der Waals surface area contributed by atoms with E-state index in [2.05, 4.69) is 10.1 Å². The summed E-state index contributed by atoms with van der Waals surface area (Å²) in [5.74, 6) is -1.33. The van der Waals surface area contributed by atoms with Gasteiger partial charge < -0.3 is 10.0 Å². The number of aliphatic imine (C=N–C) groups is 1. The molecule has 0 saturated carbocycles. The van der Waals surface area contributed by atoms with Crippen molar-refractivity contribution in [1.82, 2.24) is 14.7 Å². The predicted molar refractivity (Wildman–Crippen MR) is 136 cm³/mol. The standard InChI is InChI=1S/C28H29F3N4O2/c1-3-4-25(32-16-18(2)29)28-24(17-35(33-28)22-14-20(30)13-21(31)15-22)26-9-10-27(37)34(26)12-11-19-5-7-23(36)8-6-19/h4-8,13-18,26,36H,3,9-12H2,1-2H3/b25-4-,32-16?. The number of phenols is 1. The Morgan fingerprint density at radius 2 is 1.92 bits per heavy atom. The van der Waals surface area contributed by atoms with E-state index < -0.39 is 17.8 Å². The number of phenolic OH excluding ortho intramolecular Hbond substituents is 1. The second kappa shape index (κ2) is 11.5. The monoisotopic (exact) mass is 510 g/mol. The second-order valence-electron chi connectivity index (χ2n) is 9.02. The first-order valence-corrected chi connectivity index (χ1v) is 12.3. The fourth-order valence-electron chi connectivity index (χ4n) is 4.47. The van der Waals surface area contributed by atoms with Crippen molar-refractivity contribution < 1.29 is 23.1 Å². The van der Waals surface area contributed by atoms with Crippen LogP contribution in [0.1, 0.15) is 56.0 Å². The number of carbonyl (C=O) groups excluding carboxylic acids is 1. The Hall–Kier alpha value is -3.88. The summed E-state index contributed by atoms with van der Waals surface area (Å²) in [7, 11) is 0. The molecular formula is C28H29F3N4O2. The highest BCUT2D eigenvalue weighted by Gasteiger charge is 2.35. The van der Waals surface area contributed by atoms with Crippen LogP contribution in [0.2, 0.25) is 0 Å². The first-order valence-electron chi connectivity index (χ1n) is 12.3. The van der Waals surface area contributed by atoms with Crippen molar-refractivity contribution in [3.05, 3.63) is 83.2 Å². The minimum absolute atomic E-state index is 0.0128. The van der Waals surface area contributed by atoms with Gasteiger partial charge in [0.05, 0.1) is 17.4 Å². The number of likely N-dealkylation sites (tertiary alicyclic amines) is 1. The van der Waals surface area contributed by atoms with Crippen LogP contribution < -0.4 is 0 Å². The molecule has 0 bridgehead atoms. The number of alkyl halides is 1. The maximum Gasteiger partial charge on any atom is 0.223 e. The summed E-state index contributed by atoms with van der Waals surface area (Å²) in [5.41, 5.74) is 2.68. The highest BCUT2D eigenvalue weighted by molar-refractivity contribution is 5.80. The Morgan fingerprint density at radius 1 is 1.22 bits per heavy atom. The van der Waals surface area contributed by atoms with E-state index in [1.807, 2.05) is 19.1 Å². The first kappa shape index (κ1) is 26.2. The molecule has 6 nitrogen and oxygen atoms in total. The number of rotatable bonds is 9. The van der Waals surface area contributed by atoms with Gasteiger partial charge in [0.2, 0.25) is 5.91 Å². The van der Waals surface area contributed by atoms with Gasteiger partial charge in [-0.2, -0.15) is 5.10 Å². The molecule has 37 heavy (non-hydrogen) atoms. The Kier molecular flexibility index (Phi) is 8.11. The van der Waals surface area contributed by atoms with Crippen molar-refractivity contribution in [3.63, 3.8) is 0 Å². The minimum atomic E-state index is -1.28. The molecule has 2 atom stereocenters. The number of aromatic hydroxyl groups is 1. The fraction of sp³-hybridized carbons (Fsp3) is 0.321. The zero-order valence-corrected chi connectivity index (χ0v) is 20.7. The minimum Gasteiger partial charge on any atom is -0.508 e. The molecule has 0 radical (unpaired) electrons. The van der Waals surface area contributed by atoms with Crippen molar-refractivity contribution in [2.24, 2.45) is 4.99 Å². The van der Waals surface area contributed by atoms with E-state index in [0.29, 0.717) is 49.2 Å². The smallest absolute Gasteiger partial charge is 0.223 e. The zero-order chi connectivity index (χ0) is 26.5. The number of allylic oxidation sites excluding steroid dienone is 1. The lowest BCUT2D eigenvalue weighted by Gasteiger charge is -2.25. The van der Waals surface area contributed by atoms with Gasteiger partial charge >= 0.3 is 0 Å². The second-order valence-corrected chi connectivity index (χ2v) is 9.02. The molecule has 1 fully saturated rings. The maximum atomic E-state index is 14.0. The molecule has 3 aromatic rings. The van der Waals surface area contributed by atoms with Gasteiger partial charge in [-0.3, -0.25) is 9.79 Å². The number of hydrogen-bond donors (Lipinski definition) is 1. The fourth-order valence-corrected chi connectivity index (χ4v) is 4.47. The van der Waals surface area contributed by atoms with Crippen LogP contribution in [0, 0.1) is 11.6 Å². The number of halogens is 3. The maximum absolute atomic E-state index is 14.0. The van der Waals surface area contributed by atoms with E-state index in [0.717, 1.165) is 11.6 Å². The molecule has 2 unspecified atom stereocenters. The molecule has 0 aliphatic carbocycles. The number of nitrogens with zero attached hydrogens (tertiary/aromatic N) is 4. The summed E-state index contributed by atoms with van der Waals surface area (Å²) in [6, 6.07) is 9.60. The van der Waals surface area contributed by atoms with Crippen molar-refractivity contribution >= 4 is 17.8 Å². The molecule has 1 saturated heterocycles. The average molecular weight is 511 g/mol. The summed E-state index contributed by atoms with van der Waals surface area (Å²) < 4.78 is 43.0. The molecule has 2 aromatic carbocycles. The van der Waals surface area contributed by atoms with Crippen LogP contribution in [0.3, 0.4) is 0 Å². The SMILES string of the molecule is CC/C=C(\N=CC(C)F)c1nn(-c2cc(F)cc(F)c2)cc1C1CCC(=O)N1CCc1ccc(O)cc1. The van der Waals surface area contributed by atoms with E-state index in [-0.39, 0.29) is 23.4 Å². The van der Waals surface area contributed by atoms with Crippen molar-refractivity contribution in [1.29, 1.82) is 0 Å². The third kappa shape index (κ3) is 6.28. The number of aromatic nitrogens is 2. The van der Waals surface area contributed by atoms with Crippen molar-refractivity contribution in [2.75, 3.05) is 6.54 Å². The lowest BCUT2D eigenvalue weighted by atomic mass is 10.0. The summed E-state index contributed by atoms with van der Waals surface area (Å²) in [4.78, 5) is 19.0. The molecular weight excluding hydrogens is 481 g/mol. The normalized spacial score (nSPS) is 17.2. The quantitative estimate of drug-likeness (QED) is 0.362. The van der Waals surface area contributed by atoms with Gasteiger partial charge in [0, 0.05) is 37.0 Å². The van der Waals surface area contributed by atoms with Crippen LogP contribution in [0.15, 0.2) is 59.7 Å². The Bertz CT molecular complexity index is 1300. The lowest BCUT2D eigenvalue weighted by molar-refractivity contribution is -0.129. The summed E-state index contributed by atoms with van der Waals surface area (Å²) in [5, 5.41) is 14.1. The van der Waals surface area contributed by atoms with Gasteiger partial charge in [-0.25, -0.2) is 17.9 Å². The van der Waals surface area contributed by atoms with Crippen LogP contribution >= 0.6 is 0 Å². The van der Waals surface area contributed by atoms with Crippen LogP contribution in [-0.2, 0) is 11.2 Å². The van der Waals surface area contributed by atoms with Gasteiger partial charge in [0.25, 0.3) is 0 Å². The molecule has 194 valence electrons. The molecule has 4 rings (SSSR count). The van der Waals surface area contributed by atoms with Crippen molar-refractivity contribution in [2.45, 2.75) is 51.7 Å². The predicted octanol–water partition coefficient (Wildman–Crippen LogP) is 5.94. The largest absolute Gasteiger partial charge is 0.508 e. The summed E-state index contributed by atoms with van der Waals surface area (Å²) in [6.45, 7) is 3.71. The van der Waals surface area contributed by atoms with E-state index in [9.17, 15) is 23.1 Å². The molecule has 0 spiro atoms. The van der Waals surface area contributed by atoms with Crippen LogP contribution in [0.25, 0.3) is 11.4 Å². The molecule has 1 amide bonds.